The minimum atomic E-state index is -1.22. The molecule has 0 spiro atoms. The third-order valence-electron chi connectivity index (χ3n) is 8.17. The molecule has 0 aliphatic rings. The minimum absolute atomic E-state index is 0.0390. The van der Waals surface area contributed by atoms with Crippen molar-refractivity contribution in [1.82, 2.24) is 5.32 Å². The first-order valence-corrected chi connectivity index (χ1v) is 14.1. The number of amides is 1. The third kappa shape index (κ3) is 6.96. The van der Waals surface area contributed by atoms with Gasteiger partial charge in [-0.25, -0.2) is 0 Å². The zero-order valence-corrected chi connectivity index (χ0v) is 24.0. The Balaban J connectivity index is 0.000000258. The van der Waals surface area contributed by atoms with Crippen LogP contribution in [0.1, 0.15) is 27.7 Å². The Hall–Kier alpha value is -3.89. The molecule has 0 aromatic heterocycles. The molecule has 0 radical (unpaired) electrons. The van der Waals surface area contributed by atoms with Gasteiger partial charge in [0.1, 0.15) is 6.15 Å². The molecule has 0 unspecified atom stereocenters. The first-order valence-electron chi connectivity index (χ1n) is 14.1. The van der Waals surface area contributed by atoms with Gasteiger partial charge in [0.2, 0.25) is 0 Å². The summed E-state index contributed by atoms with van der Waals surface area (Å²) in [6, 6.07) is 43.5. The van der Waals surface area contributed by atoms with E-state index in [0.29, 0.717) is 12.2 Å². The van der Waals surface area contributed by atoms with Crippen LogP contribution in [0.4, 0.5) is 0 Å². The zero-order valence-electron chi connectivity index (χ0n) is 24.0. The lowest BCUT2D eigenvalue weighted by molar-refractivity contribution is -0.924. The number of carbonyl (C=O) groups excluding carboxylic acids is 1. The molecule has 1 N–H and O–H groups in total. The van der Waals surface area contributed by atoms with Gasteiger partial charge in [0.05, 0.1) is 19.6 Å². The molecule has 0 aliphatic carbocycles. The maximum absolute atomic E-state index is 11.3. The molecule has 4 rings (SSSR count). The molecule has 4 heteroatoms. The molecule has 4 aromatic rings. The average Bonchev–Trinajstić information content (AvgIpc) is 3.01. The van der Waals surface area contributed by atoms with E-state index in [1.54, 1.807) is 6.92 Å². The Labute approximate surface area is 235 Å². The number of carbonyl (C=O) groups is 1. The van der Waals surface area contributed by atoms with Crippen LogP contribution in [0.2, 0.25) is 0 Å². The second-order valence-corrected chi connectivity index (χ2v) is 10.2. The maximum Gasteiger partial charge on any atom is 0.250 e. The molecule has 39 heavy (non-hydrogen) atoms. The molecule has 1 amide bonds. The van der Waals surface area contributed by atoms with E-state index in [0.717, 1.165) is 24.1 Å². The van der Waals surface area contributed by atoms with Crippen LogP contribution in [0.5, 0.6) is 0 Å². The molecular weight excluding hydrogens is 475 g/mol. The van der Waals surface area contributed by atoms with Crippen LogP contribution in [-0.2, 0) is 4.79 Å². The number of hydrogen-bond donors (Lipinski definition) is 1. The highest BCUT2D eigenvalue weighted by atomic mass is 16.1. The Kier molecular flexibility index (Phi) is 10.9. The number of nitrogens with one attached hydrogen (secondary N) is 1. The molecule has 202 valence electrons. The normalized spacial score (nSPS) is 11.2. The van der Waals surface area contributed by atoms with Crippen molar-refractivity contribution < 1.29 is 9.28 Å². The fraction of sp³-hybridized carbons (Fsp3) is 0.229. The summed E-state index contributed by atoms with van der Waals surface area (Å²) in [5.74, 6) is -0.0390. The number of nitrogens with zero attached hydrogens (tertiary/aromatic N) is 1. The largest absolute Gasteiger partial charge is 0.307 e. The first-order chi connectivity index (χ1) is 18.9. The quantitative estimate of drug-likeness (QED) is 0.142. The monoisotopic (exact) mass is 518 g/mol. The van der Waals surface area contributed by atoms with Crippen LogP contribution in [0.3, 0.4) is 0 Å². The Morgan fingerprint density at radius 3 is 1.13 bits per heavy atom. The predicted molar refractivity (Wildman–Crippen MR) is 170 cm³/mol. The van der Waals surface area contributed by atoms with E-state index in [4.69, 9.17) is 0 Å². The molecule has 0 bridgehead atoms. The van der Waals surface area contributed by atoms with Gasteiger partial charge in [-0.05, 0) is 27.7 Å². The van der Waals surface area contributed by atoms with Crippen LogP contribution in [0.15, 0.2) is 133 Å². The van der Waals surface area contributed by atoms with Crippen molar-refractivity contribution in [2.45, 2.75) is 27.7 Å². The van der Waals surface area contributed by atoms with Crippen molar-refractivity contribution in [3.05, 3.63) is 133 Å². The first kappa shape index (κ1) is 29.7. The van der Waals surface area contributed by atoms with E-state index >= 15 is 0 Å². The molecule has 0 saturated carbocycles. The molecular formula is C35H43BN2O. The van der Waals surface area contributed by atoms with Crippen molar-refractivity contribution >= 4 is 33.9 Å². The van der Waals surface area contributed by atoms with E-state index in [9.17, 15) is 4.79 Å². The van der Waals surface area contributed by atoms with Crippen molar-refractivity contribution in [1.29, 1.82) is 0 Å². The van der Waals surface area contributed by atoms with Crippen molar-refractivity contribution in [3.8, 4) is 0 Å². The van der Waals surface area contributed by atoms with E-state index in [1.807, 2.05) is 0 Å². The van der Waals surface area contributed by atoms with Crippen LogP contribution >= 0.6 is 0 Å². The summed E-state index contributed by atoms with van der Waals surface area (Å²) in [7, 11) is 0. The Morgan fingerprint density at radius 1 is 0.615 bits per heavy atom. The Morgan fingerprint density at radius 2 is 0.897 bits per heavy atom. The predicted octanol–water partition coefficient (Wildman–Crippen LogP) is 4.58. The van der Waals surface area contributed by atoms with Gasteiger partial charge in [-0.3, -0.25) is 4.79 Å². The van der Waals surface area contributed by atoms with Gasteiger partial charge < -0.3 is 9.80 Å². The lowest BCUT2D eigenvalue weighted by Gasteiger charge is -2.44. The zero-order chi connectivity index (χ0) is 28.1. The lowest BCUT2D eigenvalue weighted by Crippen LogP contribution is -2.74. The van der Waals surface area contributed by atoms with Crippen molar-refractivity contribution in [3.63, 3.8) is 0 Å². The van der Waals surface area contributed by atoms with E-state index in [-0.39, 0.29) is 5.91 Å². The number of benzene rings is 4. The lowest BCUT2D eigenvalue weighted by atomic mass is 9.13. The average molecular weight is 519 g/mol. The summed E-state index contributed by atoms with van der Waals surface area (Å²) in [6.07, 6.45) is -1.22. The third-order valence-corrected chi connectivity index (χ3v) is 8.17. The molecule has 3 nitrogen and oxygen atoms in total. The Bertz CT molecular complexity index is 1120. The summed E-state index contributed by atoms with van der Waals surface area (Å²) in [6.45, 7) is 15.6. The van der Waals surface area contributed by atoms with Crippen LogP contribution in [0, 0.1) is 0 Å². The fourth-order valence-electron chi connectivity index (χ4n) is 5.52. The number of hydrogen-bond acceptors (Lipinski definition) is 1. The molecule has 0 atom stereocenters. The van der Waals surface area contributed by atoms with E-state index in [1.165, 1.54) is 21.9 Å². The highest BCUT2D eigenvalue weighted by molar-refractivity contribution is 7.19. The second kappa shape index (κ2) is 14.3. The van der Waals surface area contributed by atoms with Gasteiger partial charge in [-0.15, -0.1) is 0 Å². The molecule has 0 aliphatic heterocycles. The second-order valence-electron chi connectivity index (χ2n) is 10.2. The summed E-state index contributed by atoms with van der Waals surface area (Å²) in [5.41, 5.74) is 5.93. The van der Waals surface area contributed by atoms with Gasteiger partial charge in [-0.2, -0.15) is 21.9 Å². The minimum Gasteiger partial charge on any atom is -0.307 e. The summed E-state index contributed by atoms with van der Waals surface area (Å²) >= 11 is 0. The summed E-state index contributed by atoms with van der Waals surface area (Å²) in [5, 5.41) is 2.91. The number of rotatable bonds is 10. The van der Waals surface area contributed by atoms with Crippen molar-refractivity contribution in [2.75, 3.05) is 26.3 Å². The van der Waals surface area contributed by atoms with E-state index in [2.05, 4.69) is 154 Å². The van der Waals surface area contributed by atoms with Crippen LogP contribution in [0.25, 0.3) is 0 Å². The van der Waals surface area contributed by atoms with Gasteiger partial charge >= 0.3 is 0 Å². The van der Waals surface area contributed by atoms with Gasteiger partial charge in [0.15, 0.2) is 6.67 Å². The molecule has 0 saturated heterocycles. The SMILES string of the molecule is C=C(C)C(=O)NC[N+](CC)(CC)CC.c1ccc([B-](c2ccccc2)(c2ccccc2)c2ccccc2)cc1. The van der Waals surface area contributed by atoms with Gasteiger partial charge in [0.25, 0.3) is 5.91 Å². The van der Waals surface area contributed by atoms with Crippen LogP contribution < -0.4 is 27.2 Å². The smallest absolute Gasteiger partial charge is 0.250 e. The number of quaternary nitrogens is 1. The van der Waals surface area contributed by atoms with Gasteiger partial charge in [0, 0.05) is 5.57 Å². The molecule has 0 fully saturated rings. The van der Waals surface area contributed by atoms with Crippen molar-refractivity contribution in [2.24, 2.45) is 0 Å². The summed E-state index contributed by atoms with van der Waals surface area (Å²) in [4.78, 5) is 11.3. The fourth-order valence-corrected chi connectivity index (χ4v) is 5.52. The molecule has 0 heterocycles. The highest BCUT2D eigenvalue weighted by Gasteiger charge is 2.31. The topological polar surface area (TPSA) is 29.1 Å². The molecule has 4 aromatic carbocycles. The summed E-state index contributed by atoms with van der Waals surface area (Å²) < 4.78 is 0.930. The van der Waals surface area contributed by atoms with Gasteiger partial charge in [-0.1, -0.05) is 128 Å². The maximum atomic E-state index is 11.3. The van der Waals surface area contributed by atoms with Crippen LogP contribution in [-0.4, -0.2) is 42.8 Å². The highest BCUT2D eigenvalue weighted by Crippen LogP contribution is 2.09. The standard InChI is InChI=1S/C24H20B.C11H22N2O/c1-5-13-21(14-6-1)25(22-15-7-2-8-16-22,23-17-9-3-10-18-23)24-19-11-4-12-20-24;1-6-13(7-2,8-3)9-12-11(14)10(4)5/h1-20H;4,6-9H2,1-3,5H3/q-1;/p+1. The van der Waals surface area contributed by atoms with E-state index < -0.39 is 6.15 Å².